The van der Waals surface area contributed by atoms with Gasteiger partial charge in [-0.3, -0.25) is 0 Å². The first kappa shape index (κ1) is 11.1. The Balaban J connectivity index is 2.27. The first-order chi connectivity index (χ1) is 8.67. The van der Waals surface area contributed by atoms with Crippen LogP contribution in [0.25, 0.3) is 21.1 Å². The van der Waals surface area contributed by atoms with E-state index in [9.17, 15) is 9.18 Å². The first-order valence-electron chi connectivity index (χ1n) is 5.25. The molecule has 1 aromatic carbocycles. The van der Waals surface area contributed by atoms with Crippen molar-refractivity contribution in [3.05, 3.63) is 41.0 Å². The van der Waals surface area contributed by atoms with E-state index in [1.54, 1.807) is 12.1 Å². The molecule has 0 saturated carbocycles. The van der Waals surface area contributed by atoms with Crippen LogP contribution >= 0.6 is 11.3 Å². The average molecular weight is 261 g/mol. The zero-order valence-electron chi connectivity index (χ0n) is 9.44. The molecular weight excluding hydrogens is 253 g/mol. The van der Waals surface area contributed by atoms with Crippen molar-refractivity contribution in [3.8, 4) is 0 Å². The van der Waals surface area contributed by atoms with Gasteiger partial charge in [-0.25, -0.2) is 14.2 Å². The minimum Gasteiger partial charge on any atom is -0.465 e. The van der Waals surface area contributed by atoms with Crippen molar-refractivity contribution in [2.75, 3.05) is 7.11 Å². The van der Waals surface area contributed by atoms with Gasteiger partial charge >= 0.3 is 5.97 Å². The molecule has 0 fully saturated rings. The van der Waals surface area contributed by atoms with Gasteiger partial charge in [0.1, 0.15) is 15.5 Å². The fourth-order valence-electron chi connectivity index (χ4n) is 1.80. The van der Waals surface area contributed by atoms with Crippen LogP contribution in [0.4, 0.5) is 4.39 Å². The minimum absolute atomic E-state index is 0.320. The summed E-state index contributed by atoms with van der Waals surface area (Å²) in [5.74, 6) is -0.702. The molecule has 0 radical (unpaired) electrons. The lowest BCUT2D eigenvalue weighted by Crippen LogP contribution is -1.96. The Hall–Kier alpha value is -2.01. The lowest BCUT2D eigenvalue weighted by molar-refractivity contribution is 0.0606. The van der Waals surface area contributed by atoms with Crippen molar-refractivity contribution < 1.29 is 13.9 Å². The molecule has 0 spiro atoms. The summed E-state index contributed by atoms with van der Waals surface area (Å²) >= 11 is 1.24. The minimum atomic E-state index is -0.381. The van der Waals surface area contributed by atoms with Crippen LogP contribution in [0.5, 0.6) is 0 Å². The summed E-state index contributed by atoms with van der Waals surface area (Å²) in [6.45, 7) is 0. The largest absolute Gasteiger partial charge is 0.465 e. The second-order valence-corrected chi connectivity index (χ2v) is 4.85. The zero-order chi connectivity index (χ0) is 12.7. The van der Waals surface area contributed by atoms with E-state index in [2.05, 4.69) is 9.72 Å². The Labute approximate surface area is 106 Å². The van der Waals surface area contributed by atoms with E-state index in [1.807, 2.05) is 6.07 Å². The summed E-state index contributed by atoms with van der Waals surface area (Å²) in [5.41, 5.74) is 0.584. The van der Waals surface area contributed by atoms with Gasteiger partial charge in [-0.2, -0.15) is 0 Å². The normalized spacial score (nSPS) is 11.0. The smallest absolute Gasteiger partial charge is 0.348 e. The molecule has 0 aliphatic rings. The SMILES string of the molecule is COC(=O)c1cc2cc3ccc(F)cc3nc2s1. The molecule has 0 bridgehead atoms. The van der Waals surface area contributed by atoms with E-state index in [0.29, 0.717) is 15.2 Å². The third-order valence-electron chi connectivity index (χ3n) is 2.65. The molecule has 0 amide bonds. The zero-order valence-corrected chi connectivity index (χ0v) is 10.3. The van der Waals surface area contributed by atoms with Gasteiger partial charge < -0.3 is 4.74 Å². The van der Waals surface area contributed by atoms with Crippen molar-refractivity contribution in [3.63, 3.8) is 0 Å². The molecule has 3 aromatic rings. The highest BCUT2D eigenvalue weighted by molar-refractivity contribution is 7.20. The van der Waals surface area contributed by atoms with E-state index in [1.165, 1.54) is 30.6 Å². The maximum atomic E-state index is 13.1. The van der Waals surface area contributed by atoms with Crippen LogP contribution in [0, 0.1) is 5.82 Å². The number of thiophene rings is 1. The quantitative estimate of drug-likeness (QED) is 0.630. The highest BCUT2D eigenvalue weighted by Gasteiger charge is 2.11. The summed E-state index contributed by atoms with van der Waals surface area (Å²) in [5, 5.41) is 1.71. The molecule has 90 valence electrons. The van der Waals surface area contributed by atoms with Crippen molar-refractivity contribution in [1.29, 1.82) is 0 Å². The lowest BCUT2D eigenvalue weighted by Gasteiger charge is -1.97. The number of rotatable bonds is 1. The van der Waals surface area contributed by atoms with Gasteiger partial charge in [-0.05, 0) is 24.3 Å². The third-order valence-corrected chi connectivity index (χ3v) is 3.68. The molecule has 0 unspecified atom stereocenters. The number of hydrogen-bond donors (Lipinski definition) is 0. The molecule has 3 nitrogen and oxygen atoms in total. The first-order valence-corrected chi connectivity index (χ1v) is 6.07. The number of carbonyl (C=O) groups excluding carboxylic acids is 1. The third kappa shape index (κ3) is 1.73. The van der Waals surface area contributed by atoms with Crippen LogP contribution in [0.1, 0.15) is 9.67 Å². The molecule has 0 N–H and O–H groups in total. The maximum Gasteiger partial charge on any atom is 0.348 e. The van der Waals surface area contributed by atoms with E-state index in [0.717, 1.165) is 10.8 Å². The Morgan fingerprint density at radius 2 is 2.11 bits per heavy atom. The van der Waals surface area contributed by atoms with E-state index in [4.69, 9.17) is 0 Å². The van der Waals surface area contributed by atoms with Gasteiger partial charge in [0, 0.05) is 16.8 Å². The molecule has 2 heterocycles. The van der Waals surface area contributed by atoms with Gasteiger partial charge in [-0.1, -0.05) is 0 Å². The number of esters is 1. The highest BCUT2D eigenvalue weighted by atomic mass is 32.1. The second-order valence-electron chi connectivity index (χ2n) is 3.82. The van der Waals surface area contributed by atoms with E-state index >= 15 is 0 Å². The van der Waals surface area contributed by atoms with Gasteiger partial charge in [0.2, 0.25) is 0 Å². The van der Waals surface area contributed by atoms with Crippen LogP contribution in [0.3, 0.4) is 0 Å². The predicted octanol–water partition coefficient (Wildman–Crippen LogP) is 3.38. The molecule has 0 aliphatic carbocycles. The molecule has 2 aromatic heterocycles. The Morgan fingerprint density at radius 1 is 1.28 bits per heavy atom. The number of hydrogen-bond acceptors (Lipinski definition) is 4. The highest BCUT2D eigenvalue weighted by Crippen LogP contribution is 2.28. The second kappa shape index (κ2) is 4.03. The van der Waals surface area contributed by atoms with Gasteiger partial charge in [-0.15, -0.1) is 11.3 Å². The van der Waals surface area contributed by atoms with Crippen LogP contribution < -0.4 is 0 Å². The molecule has 18 heavy (non-hydrogen) atoms. The van der Waals surface area contributed by atoms with Crippen molar-refractivity contribution >= 4 is 38.4 Å². The van der Waals surface area contributed by atoms with Gasteiger partial charge in [0.25, 0.3) is 0 Å². The lowest BCUT2D eigenvalue weighted by atomic mass is 10.2. The fraction of sp³-hybridized carbons (Fsp3) is 0.0769. The van der Waals surface area contributed by atoms with Crippen LogP contribution in [-0.2, 0) is 4.74 Å². The number of carbonyl (C=O) groups is 1. The predicted molar refractivity (Wildman–Crippen MR) is 68.4 cm³/mol. The Kier molecular flexibility index (Phi) is 2.48. The number of pyridine rings is 1. The number of halogens is 1. The number of methoxy groups -OCH3 is 1. The molecular formula is C13H8FNO2S. The number of ether oxygens (including phenoxy) is 1. The monoisotopic (exact) mass is 261 g/mol. The summed E-state index contributed by atoms with van der Waals surface area (Å²) in [4.78, 5) is 17.0. The maximum absolute atomic E-state index is 13.1. The van der Waals surface area contributed by atoms with Crippen molar-refractivity contribution in [2.45, 2.75) is 0 Å². The van der Waals surface area contributed by atoms with E-state index in [-0.39, 0.29) is 11.8 Å². The van der Waals surface area contributed by atoms with Gasteiger partial charge in [0.15, 0.2) is 0 Å². The summed E-state index contributed by atoms with van der Waals surface area (Å²) in [6.07, 6.45) is 0. The fourth-order valence-corrected chi connectivity index (χ4v) is 2.74. The number of aromatic nitrogens is 1. The Bertz CT molecular complexity index is 766. The molecule has 0 saturated heterocycles. The number of benzene rings is 1. The Morgan fingerprint density at radius 3 is 2.89 bits per heavy atom. The van der Waals surface area contributed by atoms with Crippen molar-refractivity contribution in [1.82, 2.24) is 4.98 Å². The van der Waals surface area contributed by atoms with E-state index < -0.39 is 0 Å². The van der Waals surface area contributed by atoms with Gasteiger partial charge in [0.05, 0.1) is 12.6 Å². The molecule has 0 aliphatic heterocycles. The standard InChI is InChI=1S/C13H8FNO2S/c1-17-13(16)11-5-8-4-7-2-3-9(14)6-10(7)15-12(8)18-11/h2-6H,1H3. The molecule has 5 heteroatoms. The molecule has 0 atom stereocenters. The average Bonchev–Trinajstić information content (AvgIpc) is 2.77. The van der Waals surface area contributed by atoms with Crippen LogP contribution in [-0.4, -0.2) is 18.1 Å². The summed E-state index contributed by atoms with van der Waals surface area (Å²) < 4.78 is 17.8. The van der Waals surface area contributed by atoms with Crippen molar-refractivity contribution in [2.24, 2.45) is 0 Å². The summed E-state index contributed by atoms with van der Waals surface area (Å²) in [6, 6.07) is 8.07. The topological polar surface area (TPSA) is 39.2 Å². The number of nitrogens with zero attached hydrogens (tertiary/aromatic N) is 1. The summed E-state index contributed by atoms with van der Waals surface area (Å²) in [7, 11) is 1.34. The van der Waals surface area contributed by atoms with Crippen LogP contribution in [0.15, 0.2) is 30.3 Å². The number of fused-ring (bicyclic) bond motifs is 2. The van der Waals surface area contributed by atoms with Crippen LogP contribution in [0.2, 0.25) is 0 Å². The molecule has 3 rings (SSSR count).